The second-order valence-electron chi connectivity index (χ2n) is 6.08. The fourth-order valence-electron chi connectivity index (χ4n) is 2.57. The lowest BCUT2D eigenvalue weighted by Crippen LogP contribution is -2.36. The smallest absolute Gasteiger partial charge is 0.315 e. The lowest BCUT2D eigenvalue weighted by molar-refractivity contribution is 0.174. The minimum Gasteiger partial charge on any atom is -0.454 e. The summed E-state index contributed by atoms with van der Waals surface area (Å²) in [6.45, 7) is 2.39. The number of sulfone groups is 1. The predicted octanol–water partition coefficient (Wildman–Crippen LogP) is 2.38. The molecule has 1 atom stereocenters. The highest BCUT2D eigenvalue weighted by Crippen LogP contribution is 2.32. The molecule has 1 aliphatic rings. The molecule has 8 heteroatoms. The van der Waals surface area contributed by atoms with Crippen molar-refractivity contribution in [3.63, 3.8) is 0 Å². The van der Waals surface area contributed by atoms with E-state index in [2.05, 4.69) is 10.6 Å². The van der Waals surface area contributed by atoms with Gasteiger partial charge in [-0.1, -0.05) is 18.2 Å². The van der Waals surface area contributed by atoms with Crippen molar-refractivity contribution in [3.8, 4) is 11.5 Å². The summed E-state index contributed by atoms with van der Waals surface area (Å²) in [6, 6.07) is 11.4. The molecule has 0 unspecified atom stereocenters. The number of ether oxygens (including phenoxy) is 2. The molecule has 1 aliphatic heterocycles. The molecule has 2 aromatic carbocycles. The number of benzene rings is 2. The molecule has 2 N–H and O–H groups in total. The number of amides is 2. The summed E-state index contributed by atoms with van der Waals surface area (Å²) in [6.07, 6.45) is 1.16. The zero-order chi connectivity index (χ0) is 18.7. The largest absolute Gasteiger partial charge is 0.454 e. The molecule has 1 heterocycles. The van der Waals surface area contributed by atoms with E-state index in [1.165, 1.54) is 12.1 Å². The van der Waals surface area contributed by atoms with E-state index in [4.69, 9.17) is 9.47 Å². The van der Waals surface area contributed by atoms with Gasteiger partial charge in [0.15, 0.2) is 21.3 Å². The van der Waals surface area contributed by atoms with Gasteiger partial charge in [0.1, 0.15) is 0 Å². The van der Waals surface area contributed by atoms with Crippen LogP contribution in [0.5, 0.6) is 11.5 Å². The lowest BCUT2D eigenvalue weighted by atomic mass is 10.1. The van der Waals surface area contributed by atoms with Gasteiger partial charge in [0.2, 0.25) is 6.79 Å². The fourth-order valence-corrected chi connectivity index (χ4v) is 3.20. The molecule has 2 aromatic rings. The maximum absolute atomic E-state index is 12.1. The molecule has 7 nitrogen and oxygen atoms in total. The molecule has 0 aromatic heterocycles. The van der Waals surface area contributed by atoms with Gasteiger partial charge >= 0.3 is 6.03 Å². The second-order valence-corrected chi connectivity index (χ2v) is 8.09. The van der Waals surface area contributed by atoms with Crippen molar-refractivity contribution >= 4 is 15.9 Å². The molecule has 3 rings (SSSR count). The average Bonchev–Trinajstić information content (AvgIpc) is 3.07. The molecule has 0 spiro atoms. The summed E-state index contributed by atoms with van der Waals surface area (Å²) < 4.78 is 33.5. The third kappa shape index (κ3) is 4.26. The lowest BCUT2D eigenvalue weighted by Gasteiger charge is -2.15. The Morgan fingerprint density at radius 2 is 1.81 bits per heavy atom. The molecular formula is C18H20N2O5S. The van der Waals surface area contributed by atoms with Gasteiger partial charge in [-0.15, -0.1) is 0 Å². The van der Waals surface area contributed by atoms with E-state index in [0.717, 1.165) is 17.4 Å². The number of carbonyl (C=O) groups excluding carboxylic acids is 1. The Morgan fingerprint density at radius 1 is 1.12 bits per heavy atom. The first-order valence-electron chi connectivity index (χ1n) is 8.06. The van der Waals surface area contributed by atoms with Gasteiger partial charge in [0.05, 0.1) is 10.9 Å². The van der Waals surface area contributed by atoms with E-state index in [1.807, 2.05) is 25.1 Å². The van der Waals surface area contributed by atoms with Gasteiger partial charge < -0.3 is 20.1 Å². The molecular weight excluding hydrogens is 356 g/mol. The summed E-state index contributed by atoms with van der Waals surface area (Å²) in [4.78, 5) is 12.3. The first-order chi connectivity index (χ1) is 12.3. The number of hydrogen-bond donors (Lipinski definition) is 2. The first kappa shape index (κ1) is 18.1. The summed E-state index contributed by atoms with van der Waals surface area (Å²) in [5.74, 6) is 1.37. The minimum atomic E-state index is -3.23. The number of carbonyl (C=O) groups is 1. The standard InChI is InChI=1S/C18H20N2O5S/c1-12(14-4-6-15(7-5-14)26(2,22)23)20-18(21)19-10-13-3-8-16-17(9-13)25-11-24-16/h3-9,12H,10-11H2,1-2H3,(H2,19,20,21)/t12-/m0/s1. The summed E-state index contributed by atoms with van der Waals surface area (Å²) in [5, 5.41) is 5.61. The Kier molecular flexibility index (Phi) is 5.03. The molecule has 2 amide bonds. The second kappa shape index (κ2) is 7.25. The molecule has 0 saturated carbocycles. The van der Waals surface area contributed by atoms with Crippen LogP contribution >= 0.6 is 0 Å². The van der Waals surface area contributed by atoms with Crippen LogP contribution in [0.3, 0.4) is 0 Å². The van der Waals surface area contributed by atoms with E-state index in [0.29, 0.717) is 18.0 Å². The van der Waals surface area contributed by atoms with Crippen molar-refractivity contribution in [2.24, 2.45) is 0 Å². The van der Waals surface area contributed by atoms with Gasteiger partial charge in [0, 0.05) is 12.8 Å². The average molecular weight is 376 g/mol. The Hall–Kier alpha value is -2.74. The highest BCUT2D eigenvalue weighted by molar-refractivity contribution is 7.90. The molecule has 0 bridgehead atoms. The van der Waals surface area contributed by atoms with Crippen LogP contribution in [-0.4, -0.2) is 27.5 Å². The molecule has 26 heavy (non-hydrogen) atoms. The maximum atomic E-state index is 12.1. The Morgan fingerprint density at radius 3 is 2.50 bits per heavy atom. The number of urea groups is 1. The Bertz CT molecular complexity index is 910. The number of fused-ring (bicyclic) bond motifs is 1. The normalized spacial score (nSPS) is 13.9. The molecule has 0 radical (unpaired) electrons. The SMILES string of the molecule is C[C@H](NC(=O)NCc1ccc2c(c1)OCO2)c1ccc(S(C)(=O)=O)cc1. The summed E-state index contributed by atoms with van der Waals surface area (Å²) >= 11 is 0. The van der Waals surface area contributed by atoms with Crippen molar-refractivity contribution < 1.29 is 22.7 Å². The maximum Gasteiger partial charge on any atom is 0.315 e. The highest BCUT2D eigenvalue weighted by Gasteiger charge is 2.14. The van der Waals surface area contributed by atoms with E-state index < -0.39 is 9.84 Å². The molecule has 0 saturated heterocycles. The zero-order valence-electron chi connectivity index (χ0n) is 14.5. The van der Waals surface area contributed by atoms with Crippen LogP contribution in [0.4, 0.5) is 4.79 Å². The van der Waals surface area contributed by atoms with Crippen molar-refractivity contribution in [2.45, 2.75) is 24.4 Å². The number of nitrogens with one attached hydrogen (secondary N) is 2. The van der Waals surface area contributed by atoms with Crippen LogP contribution in [0.1, 0.15) is 24.1 Å². The van der Waals surface area contributed by atoms with Crippen molar-refractivity contribution in [1.29, 1.82) is 0 Å². The van der Waals surface area contributed by atoms with Crippen LogP contribution in [0.2, 0.25) is 0 Å². The van der Waals surface area contributed by atoms with Crippen molar-refractivity contribution in [1.82, 2.24) is 10.6 Å². The molecule has 0 fully saturated rings. The number of rotatable bonds is 5. The highest BCUT2D eigenvalue weighted by atomic mass is 32.2. The van der Waals surface area contributed by atoms with Gasteiger partial charge in [0.25, 0.3) is 0 Å². The van der Waals surface area contributed by atoms with Gasteiger partial charge in [-0.2, -0.15) is 0 Å². The van der Waals surface area contributed by atoms with E-state index >= 15 is 0 Å². The van der Waals surface area contributed by atoms with Crippen LogP contribution in [0, 0.1) is 0 Å². The van der Waals surface area contributed by atoms with Crippen molar-refractivity contribution in [2.75, 3.05) is 13.0 Å². The number of hydrogen-bond acceptors (Lipinski definition) is 5. The zero-order valence-corrected chi connectivity index (χ0v) is 15.3. The Balaban J connectivity index is 1.54. The summed E-state index contributed by atoms with van der Waals surface area (Å²) in [5.41, 5.74) is 1.71. The van der Waals surface area contributed by atoms with E-state index in [9.17, 15) is 13.2 Å². The third-order valence-electron chi connectivity index (χ3n) is 4.05. The first-order valence-corrected chi connectivity index (χ1v) is 9.95. The topological polar surface area (TPSA) is 93.7 Å². The van der Waals surface area contributed by atoms with Gasteiger partial charge in [-0.3, -0.25) is 0 Å². The predicted molar refractivity (Wildman–Crippen MR) is 95.9 cm³/mol. The molecule has 0 aliphatic carbocycles. The third-order valence-corrected chi connectivity index (χ3v) is 5.17. The van der Waals surface area contributed by atoms with Gasteiger partial charge in [-0.25, -0.2) is 13.2 Å². The van der Waals surface area contributed by atoms with Crippen molar-refractivity contribution in [3.05, 3.63) is 53.6 Å². The van der Waals surface area contributed by atoms with Crippen LogP contribution in [0.15, 0.2) is 47.4 Å². The van der Waals surface area contributed by atoms with Gasteiger partial charge in [-0.05, 0) is 42.3 Å². The fraction of sp³-hybridized carbons (Fsp3) is 0.278. The Labute approximate surface area is 152 Å². The van der Waals surface area contributed by atoms with E-state index in [-0.39, 0.29) is 23.8 Å². The monoisotopic (exact) mass is 376 g/mol. The summed E-state index contributed by atoms with van der Waals surface area (Å²) in [7, 11) is -3.23. The van der Waals surface area contributed by atoms with Crippen LogP contribution < -0.4 is 20.1 Å². The van der Waals surface area contributed by atoms with Crippen LogP contribution in [-0.2, 0) is 16.4 Å². The molecule has 138 valence electrons. The van der Waals surface area contributed by atoms with Crippen LogP contribution in [0.25, 0.3) is 0 Å². The minimum absolute atomic E-state index is 0.211. The quantitative estimate of drug-likeness (QED) is 0.836. The van der Waals surface area contributed by atoms with E-state index in [1.54, 1.807) is 12.1 Å².